The summed E-state index contributed by atoms with van der Waals surface area (Å²) in [6.45, 7) is 2.23. The summed E-state index contributed by atoms with van der Waals surface area (Å²) in [7, 11) is 0. The first-order valence-corrected chi connectivity index (χ1v) is 6.22. The molecule has 2 heterocycles. The molecule has 2 aromatic heterocycles. The van der Waals surface area contributed by atoms with Crippen LogP contribution in [0.4, 0.5) is 0 Å². The molecule has 0 aliphatic carbocycles. The Hall–Kier alpha value is -0.600. The maximum Gasteiger partial charge on any atom is 0.0445 e. The van der Waals surface area contributed by atoms with E-state index in [9.17, 15) is 0 Å². The molecule has 0 nitrogen and oxygen atoms in total. The summed E-state index contributed by atoms with van der Waals surface area (Å²) in [4.78, 5) is 4.32. The van der Waals surface area contributed by atoms with Crippen molar-refractivity contribution in [3.05, 3.63) is 34.5 Å². The van der Waals surface area contributed by atoms with Crippen molar-refractivity contribution in [3.8, 4) is 9.75 Å². The molecule has 0 aliphatic heterocycles. The Labute approximate surface area is 86.9 Å². The number of hydrogen-bond donors (Lipinski definition) is 0. The van der Waals surface area contributed by atoms with Gasteiger partial charge in [0.25, 0.3) is 0 Å². The lowest BCUT2D eigenvalue weighted by Crippen LogP contribution is -1.71. The summed E-state index contributed by atoms with van der Waals surface area (Å²) in [6.07, 6.45) is 2.46. The van der Waals surface area contributed by atoms with Gasteiger partial charge in [-0.05, 0) is 30.0 Å². The molecule has 2 rings (SSSR count). The van der Waals surface area contributed by atoms with Crippen LogP contribution >= 0.6 is 22.7 Å². The summed E-state index contributed by atoms with van der Waals surface area (Å²) >= 11 is 3.74. The van der Waals surface area contributed by atoms with Crippen molar-refractivity contribution in [1.29, 1.82) is 0 Å². The van der Waals surface area contributed by atoms with Crippen LogP contribution in [-0.4, -0.2) is 0 Å². The zero-order valence-electron chi connectivity index (χ0n) is 7.62. The van der Waals surface area contributed by atoms with E-state index in [1.54, 1.807) is 0 Å². The van der Waals surface area contributed by atoms with Crippen LogP contribution in [0.2, 0.25) is 0 Å². The molecule has 0 spiro atoms. The van der Waals surface area contributed by atoms with Crippen molar-refractivity contribution >= 4 is 22.7 Å². The largest absolute Gasteiger partial charge is 0.143 e. The molecule has 0 radical (unpaired) electrons. The standard InChI is InChI=1S/C11H12S2/c1-2-4-9-6-7-11(13-9)10-5-3-8-12-10/h3,5-8H,2,4H2,1H3. The van der Waals surface area contributed by atoms with Gasteiger partial charge in [0.2, 0.25) is 0 Å². The highest BCUT2D eigenvalue weighted by Crippen LogP contribution is 2.31. The van der Waals surface area contributed by atoms with E-state index >= 15 is 0 Å². The van der Waals surface area contributed by atoms with Crippen LogP contribution in [0.15, 0.2) is 29.6 Å². The lowest BCUT2D eigenvalue weighted by Gasteiger charge is -1.90. The van der Waals surface area contributed by atoms with Crippen LogP contribution < -0.4 is 0 Å². The molecule has 0 fully saturated rings. The second-order valence-corrected chi connectivity index (χ2v) is 5.11. The maximum atomic E-state index is 2.25. The van der Waals surface area contributed by atoms with Crippen molar-refractivity contribution in [3.63, 3.8) is 0 Å². The minimum absolute atomic E-state index is 1.22. The highest BCUT2D eigenvalue weighted by atomic mass is 32.1. The van der Waals surface area contributed by atoms with E-state index in [2.05, 4.69) is 36.6 Å². The molecule has 0 aromatic carbocycles. The monoisotopic (exact) mass is 208 g/mol. The van der Waals surface area contributed by atoms with Crippen LogP contribution in [0.5, 0.6) is 0 Å². The van der Waals surface area contributed by atoms with Crippen molar-refractivity contribution in [2.75, 3.05) is 0 Å². The molecule has 0 bridgehead atoms. The first-order valence-electron chi connectivity index (χ1n) is 4.52. The van der Waals surface area contributed by atoms with Crippen molar-refractivity contribution in [1.82, 2.24) is 0 Å². The Bertz CT molecular complexity index is 357. The molecule has 0 atom stereocenters. The topological polar surface area (TPSA) is 0 Å². The fourth-order valence-corrected chi connectivity index (χ4v) is 3.25. The van der Waals surface area contributed by atoms with E-state index in [-0.39, 0.29) is 0 Å². The van der Waals surface area contributed by atoms with Crippen LogP contribution in [0, 0.1) is 0 Å². The van der Waals surface area contributed by atoms with Gasteiger partial charge >= 0.3 is 0 Å². The lowest BCUT2D eigenvalue weighted by atomic mass is 10.3. The fraction of sp³-hybridized carbons (Fsp3) is 0.273. The number of rotatable bonds is 3. The van der Waals surface area contributed by atoms with Crippen molar-refractivity contribution in [2.24, 2.45) is 0 Å². The smallest absolute Gasteiger partial charge is 0.0445 e. The predicted molar refractivity (Wildman–Crippen MR) is 61.6 cm³/mol. The molecule has 2 aromatic rings. The van der Waals surface area contributed by atoms with Gasteiger partial charge in [0.15, 0.2) is 0 Å². The van der Waals surface area contributed by atoms with Gasteiger partial charge in [-0.25, -0.2) is 0 Å². The third-order valence-corrected chi connectivity index (χ3v) is 4.13. The summed E-state index contributed by atoms with van der Waals surface area (Å²) in [6, 6.07) is 8.79. The quantitative estimate of drug-likeness (QED) is 0.700. The Kier molecular flexibility index (Phi) is 2.81. The van der Waals surface area contributed by atoms with Gasteiger partial charge in [-0.15, -0.1) is 22.7 Å². The highest BCUT2D eigenvalue weighted by Gasteiger charge is 2.02. The molecule has 0 unspecified atom stereocenters. The number of thiophene rings is 2. The van der Waals surface area contributed by atoms with Crippen molar-refractivity contribution < 1.29 is 0 Å². The first kappa shape index (κ1) is 8.97. The maximum absolute atomic E-state index is 2.25. The highest BCUT2D eigenvalue weighted by molar-refractivity contribution is 7.21. The van der Waals surface area contributed by atoms with Crippen molar-refractivity contribution in [2.45, 2.75) is 19.8 Å². The van der Waals surface area contributed by atoms with Gasteiger partial charge in [0.05, 0.1) is 0 Å². The molecule has 68 valence electrons. The van der Waals surface area contributed by atoms with Gasteiger partial charge in [0, 0.05) is 14.6 Å². The van der Waals surface area contributed by atoms with E-state index in [4.69, 9.17) is 0 Å². The Balaban J connectivity index is 2.23. The van der Waals surface area contributed by atoms with E-state index in [0.717, 1.165) is 0 Å². The minimum Gasteiger partial charge on any atom is -0.143 e. The Morgan fingerprint density at radius 3 is 2.77 bits per heavy atom. The van der Waals surface area contributed by atoms with Gasteiger partial charge in [-0.1, -0.05) is 19.4 Å². The average Bonchev–Trinajstić information content (AvgIpc) is 2.70. The Morgan fingerprint density at radius 2 is 2.08 bits per heavy atom. The third-order valence-electron chi connectivity index (χ3n) is 1.92. The second kappa shape index (κ2) is 4.07. The molecule has 0 aliphatic rings. The number of aryl methyl sites for hydroxylation is 1. The van der Waals surface area contributed by atoms with Gasteiger partial charge < -0.3 is 0 Å². The fourth-order valence-electron chi connectivity index (χ4n) is 1.31. The first-order chi connectivity index (χ1) is 6.40. The van der Waals surface area contributed by atoms with Crippen LogP contribution in [-0.2, 0) is 6.42 Å². The van der Waals surface area contributed by atoms with E-state index < -0.39 is 0 Å². The molecule has 0 saturated carbocycles. The molecular formula is C11H12S2. The molecule has 0 saturated heterocycles. The molecule has 2 heteroatoms. The summed E-state index contributed by atoms with van der Waals surface area (Å²) in [5.41, 5.74) is 0. The molecular weight excluding hydrogens is 196 g/mol. The zero-order chi connectivity index (χ0) is 9.10. The van der Waals surface area contributed by atoms with Crippen LogP contribution in [0.1, 0.15) is 18.2 Å². The molecule has 0 amide bonds. The summed E-state index contributed by atoms with van der Waals surface area (Å²) in [5, 5.41) is 2.13. The average molecular weight is 208 g/mol. The van der Waals surface area contributed by atoms with Gasteiger partial charge in [0.1, 0.15) is 0 Å². The van der Waals surface area contributed by atoms with E-state index in [1.165, 1.54) is 27.5 Å². The predicted octanol–water partition coefficient (Wildman–Crippen LogP) is 4.43. The molecule has 0 N–H and O–H groups in total. The third kappa shape index (κ3) is 2.01. The van der Waals surface area contributed by atoms with E-state index in [1.807, 2.05) is 22.7 Å². The van der Waals surface area contributed by atoms with Gasteiger partial charge in [-0.3, -0.25) is 0 Å². The lowest BCUT2D eigenvalue weighted by molar-refractivity contribution is 0.940. The minimum atomic E-state index is 1.22. The SMILES string of the molecule is CCCc1ccc(-c2cccs2)s1. The molecule has 13 heavy (non-hydrogen) atoms. The second-order valence-electron chi connectivity index (χ2n) is 2.99. The zero-order valence-corrected chi connectivity index (χ0v) is 9.25. The van der Waals surface area contributed by atoms with Crippen LogP contribution in [0.3, 0.4) is 0 Å². The normalized spacial score (nSPS) is 10.5. The number of hydrogen-bond acceptors (Lipinski definition) is 2. The Morgan fingerprint density at radius 1 is 1.15 bits per heavy atom. The van der Waals surface area contributed by atoms with Crippen LogP contribution in [0.25, 0.3) is 9.75 Å². The summed E-state index contributed by atoms with van der Waals surface area (Å²) in [5.74, 6) is 0. The van der Waals surface area contributed by atoms with E-state index in [0.29, 0.717) is 0 Å². The van der Waals surface area contributed by atoms with Gasteiger partial charge in [-0.2, -0.15) is 0 Å². The summed E-state index contributed by atoms with van der Waals surface area (Å²) < 4.78 is 0.